The van der Waals surface area contributed by atoms with E-state index in [9.17, 15) is 13.6 Å². The van der Waals surface area contributed by atoms with Crippen LogP contribution in [0.1, 0.15) is 79.4 Å². The predicted molar refractivity (Wildman–Crippen MR) is 149 cm³/mol. The Morgan fingerprint density at radius 3 is 2.46 bits per heavy atom. The van der Waals surface area contributed by atoms with Gasteiger partial charge in [-0.25, -0.2) is 13.8 Å². The quantitative estimate of drug-likeness (QED) is 0.326. The maximum absolute atomic E-state index is 14.7. The molecular weight excluding hydrogens is 518 g/mol. The molecule has 2 heterocycles. The SMILES string of the molecule is C=C1C[C@@H](C(=O)N2CCC(c3cc(Cl)c(C)cc3C(C)(C)c3ncnn3C)CC2)[C@H](c2ccc(F)cc2F)C1. The van der Waals surface area contributed by atoms with E-state index in [1.54, 1.807) is 6.33 Å². The molecule has 1 saturated heterocycles. The molecule has 0 bridgehead atoms. The lowest BCUT2D eigenvalue weighted by atomic mass is 9.75. The van der Waals surface area contributed by atoms with Gasteiger partial charge in [0.15, 0.2) is 0 Å². The molecule has 1 amide bonds. The molecule has 206 valence electrons. The first-order valence-corrected chi connectivity index (χ1v) is 13.9. The third kappa shape index (κ3) is 5.13. The van der Waals surface area contributed by atoms with Gasteiger partial charge in [0, 0.05) is 48.5 Å². The van der Waals surface area contributed by atoms with Crippen molar-refractivity contribution in [2.75, 3.05) is 13.1 Å². The molecule has 1 aromatic heterocycles. The van der Waals surface area contributed by atoms with Crippen LogP contribution in [0.2, 0.25) is 5.02 Å². The van der Waals surface area contributed by atoms with Crippen LogP contribution in [0.3, 0.4) is 0 Å². The Morgan fingerprint density at radius 1 is 1.10 bits per heavy atom. The zero-order valence-corrected chi connectivity index (χ0v) is 23.7. The molecule has 0 N–H and O–H groups in total. The van der Waals surface area contributed by atoms with E-state index < -0.39 is 11.6 Å². The second-order valence-corrected chi connectivity index (χ2v) is 12.1. The normalized spacial score (nSPS) is 20.6. The summed E-state index contributed by atoms with van der Waals surface area (Å²) in [6.45, 7) is 11.6. The molecular formula is C31H35ClF2N4O. The Kier molecular flexibility index (Phi) is 7.40. The number of likely N-dealkylation sites (tertiary alicyclic amines) is 1. The molecule has 0 unspecified atom stereocenters. The van der Waals surface area contributed by atoms with Gasteiger partial charge in [0.1, 0.15) is 23.8 Å². The summed E-state index contributed by atoms with van der Waals surface area (Å²) in [7, 11) is 1.90. The topological polar surface area (TPSA) is 51.0 Å². The van der Waals surface area contributed by atoms with Crippen LogP contribution in [-0.2, 0) is 17.3 Å². The van der Waals surface area contributed by atoms with Crippen molar-refractivity contribution in [1.82, 2.24) is 19.7 Å². The monoisotopic (exact) mass is 552 g/mol. The van der Waals surface area contributed by atoms with Crippen molar-refractivity contribution < 1.29 is 13.6 Å². The van der Waals surface area contributed by atoms with Gasteiger partial charge < -0.3 is 4.90 Å². The lowest BCUT2D eigenvalue weighted by molar-refractivity contribution is -0.136. The molecule has 2 atom stereocenters. The van der Waals surface area contributed by atoms with Gasteiger partial charge >= 0.3 is 0 Å². The van der Waals surface area contributed by atoms with Crippen LogP contribution in [0.4, 0.5) is 8.78 Å². The number of aryl methyl sites for hydroxylation is 2. The van der Waals surface area contributed by atoms with Gasteiger partial charge in [-0.1, -0.05) is 35.9 Å². The molecule has 39 heavy (non-hydrogen) atoms. The average molecular weight is 553 g/mol. The number of aromatic nitrogens is 3. The van der Waals surface area contributed by atoms with E-state index in [4.69, 9.17) is 11.6 Å². The molecule has 1 aliphatic heterocycles. The van der Waals surface area contributed by atoms with Crippen LogP contribution in [0.15, 0.2) is 48.8 Å². The predicted octanol–water partition coefficient (Wildman–Crippen LogP) is 6.84. The van der Waals surface area contributed by atoms with Crippen LogP contribution < -0.4 is 0 Å². The van der Waals surface area contributed by atoms with Gasteiger partial charge in [-0.2, -0.15) is 5.10 Å². The van der Waals surface area contributed by atoms with E-state index in [-0.39, 0.29) is 29.1 Å². The van der Waals surface area contributed by atoms with Gasteiger partial charge in [0.05, 0.1) is 0 Å². The van der Waals surface area contributed by atoms with Crippen molar-refractivity contribution in [2.24, 2.45) is 13.0 Å². The lowest BCUT2D eigenvalue weighted by Gasteiger charge is -2.37. The van der Waals surface area contributed by atoms with Crippen LogP contribution in [0.5, 0.6) is 0 Å². The number of piperidine rings is 1. The largest absolute Gasteiger partial charge is 0.342 e. The Labute approximate surface area is 233 Å². The second kappa shape index (κ2) is 10.5. The summed E-state index contributed by atoms with van der Waals surface area (Å²) in [6, 6.07) is 7.88. The number of hydrogen-bond donors (Lipinski definition) is 0. The molecule has 1 aliphatic carbocycles. The van der Waals surface area contributed by atoms with E-state index >= 15 is 0 Å². The van der Waals surface area contributed by atoms with Gasteiger partial charge in [-0.3, -0.25) is 9.48 Å². The first-order valence-electron chi connectivity index (χ1n) is 13.5. The van der Waals surface area contributed by atoms with Gasteiger partial charge in [0.2, 0.25) is 5.91 Å². The fourth-order valence-corrected chi connectivity index (χ4v) is 6.75. The zero-order valence-electron chi connectivity index (χ0n) is 23.0. The zero-order chi connectivity index (χ0) is 28.1. The number of allylic oxidation sites excluding steroid dienone is 1. The van der Waals surface area contributed by atoms with Crippen molar-refractivity contribution in [3.05, 3.63) is 93.5 Å². The van der Waals surface area contributed by atoms with Crippen molar-refractivity contribution in [3.8, 4) is 0 Å². The summed E-state index contributed by atoms with van der Waals surface area (Å²) >= 11 is 6.63. The standard InChI is InChI=1S/C31H35ClF2N4O/c1-18-12-24(22-7-6-21(33)15-28(22)34)25(13-18)29(39)38-10-8-20(9-11-38)23-16-27(32)19(2)14-26(23)31(3,4)30-35-17-36-37(30)5/h6-7,14-17,20,24-25H,1,8-13H2,2-5H3/t24-,25+/m0/s1. The number of benzene rings is 2. The molecule has 0 spiro atoms. The molecule has 5 rings (SSSR count). The van der Waals surface area contributed by atoms with Gasteiger partial charge in [-0.05, 0) is 86.8 Å². The minimum absolute atomic E-state index is 0.0300. The highest BCUT2D eigenvalue weighted by Crippen LogP contribution is 2.45. The molecule has 2 aliphatic rings. The minimum Gasteiger partial charge on any atom is -0.342 e. The van der Waals surface area contributed by atoms with Crippen molar-refractivity contribution in [1.29, 1.82) is 0 Å². The molecule has 8 heteroatoms. The van der Waals surface area contributed by atoms with E-state index in [2.05, 4.69) is 42.6 Å². The van der Waals surface area contributed by atoms with Crippen LogP contribution in [0, 0.1) is 24.5 Å². The van der Waals surface area contributed by atoms with Crippen LogP contribution in [-0.4, -0.2) is 38.7 Å². The number of halogens is 3. The number of carbonyl (C=O) groups excluding carboxylic acids is 1. The van der Waals surface area contributed by atoms with Crippen molar-refractivity contribution >= 4 is 17.5 Å². The number of rotatable bonds is 5. The summed E-state index contributed by atoms with van der Waals surface area (Å²) < 4.78 is 30.0. The highest BCUT2D eigenvalue weighted by molar-refractivity contribution is 6.31. The maximum Gasteiger partial charge on any atom is 0.226 e. The second-order valence-electron chi connectivity index (χ2n) is 11.7. The first-order chi connectivity index (χ1) is 18.5. The summed E-state index contributed by atoms with van der Waals surface area (Å²) in [5.41, 5.74) is 4.31. The highest BCUT2D eigenvalue weighted by Gasteiger charge is 2.41. The Bertz CT molecular complexity index is 1420. The fraction of sp³-hybridized carbons (Fsp3) is 0.452. The summed E-state index contributed by atoms with van der Waals surface area (Å²) in [5, 5.41) is 5.02. The maximum atomic E-state index is 14.7. The molecule has 5 nitrogen and oxygen atoms in total. The van der Waals surface area contributed by atoms with Crippen LogP contribution in [0.25, 0.3) is 0 Å². The third-order valence-electron chi connectivity index (χ3n) is 8.70. The highest BCUT2D eigenvalue weighted by atomic mass is 35.5. The molecule has 3 aromatic rings. The smallest absolute Gasteiger partial charge is 0.226 e. The van der Waals surface area contributed by atoms with E-state index in [0.717, 1.165) is 40.9 Å². The summed E-state index contributed by atoms with van der Waals surface area (Å²) in [5.74, 6) is -0.776. The average Bonchev–Trinajstić information content (AvgIpc) is 3.50. The third-order valence-corrected chi connectivity index (χ3v) is 9.11. The van der Waals surface area contributed by atoms with Crippen LogP contribution >= 0.6 is 11.6 Å². The lowest BCUT2D eigenvalue weighted by Crippen LogP contribution is -2.42. The molecule has 2 fully saturated rings. The Balaban J connectivity index is 1.36. The molecule has 2 aromatic carbocycles. The first kappa shape index (κ1) is 27.5. The number of nitrogens with zero attached hydrogens (tertiary/aromatic N) is 4. The van der Waals surface area contributed by atoms with Crippen molar-refractivity contribution in [2.45, 2.75) is 63.7 Å². The number of amides is 1. The number of hydrogen-bond acceptors (Lipinski definition) is 3. The minimum atomic E-state index is -0.615. The number of carbonyl (C=O) groups is 1. The van der Waals surface area contributed by atoms with E-state index in [1.165, 1.54) is 23.3 Å². The summed E-state index contributed by atoms with van der Waals surface area (Å²) in [6.07, 6.45) is 4.25. The molecule has 1 saturated carbocycles. The van der Waals surface area contributed by atoms with Crippen molar-refractivity contribution in [3.63, 3.8) is 0 Å². The Hall–Kier alpha value is -3.06. The van der Waals surface area contributed by atoms with E-state index in [0.29, 0.717) is 31.5 Å². The van der Waals surface area contributed by atoms with Gasteiger partial charge in [-0.15, -0.1) is 0 Å². The summed E-state index contributed by atoms with van der Waals surface area (Å²) in [4.78, 5) is 20.2. The van der Waals surface area contributed by atoms with Gasteiger partial charge in [0.25, 0.3) is 0 Å². The fourth-order valence-electron chi connectivity index (χ4n) is 6.58. The molecule has 0 radical (unpaired) electrons. The Morgan fingerprint density at radius 2 is 1.82 bits per heavy atom. The van der Waals surface area contributed by atoms with E-state index in [1.807, 2.05) is 23.6 Å².